The van der Waals surface area contributed by atoms with Crippen LogP contribution < -0.4 is 5.32 Å². The van der Waals surface area contributed by atoms with Crippen LogP contribution in [0, 0.1) is 0 Å². The summed E-state index contributed by atoms with van der Waals surface area (Å²) in [6.45, 7) is 5.15. The molecule has 0 amide bonds. The largest absolute Gasteiger partial charge is 0.306 e. The van der Waals surface area contributed by atoms with Gasteiger partial charge in [-0.15, -0.1) is 11.3 Å². The Labute approximate surface area is 128 Å². The first-order chi connectivity index (χ1) is 9.15. The molecule has 0 bridgehead atoms. The Hall–Kier alpha value is -0.540. The van der Waals surface area contributed by atoms with Gasteiger partial charge in [0.15, 0.2) is 0 Å². The fourth-order valence-electron chi connectivity index (χ4n) is 2.04. The molecule has 1 aromatic heterocycles. The highest BCUT2D eigenvalue weighted by atomic mass is 35.5. The van der Waals surface area contributed by atoms with Gasteiger partial charge in [-0.25, -0.2) is 0 Å². The van der Waals surface area contributed by atoms with E-state index in [1.807, 2.05) is 29.5 Å². The van der Waals surface area contributed by atoms with Crippen LogP contribution in [0.4, 0.5) is 0 Å². The maximum Gasteiger partial charge on any atom is 0.0686 e. The van der Waals surface area contributed by atoms with E-state index in [2.05, 4.69) is 31.3 Å². The van der Waals surface area contributed by atoms with Crippen LogP contribution in [0.25, 0.3) is 0 Å². The van der Waals surface area contributed by atoms with E-state index in [1.165, 1.54) is 9.75 Å². The summed E-state index contributed by atoms with van der Waals surface area (Å²) in [5.41, 5.74) is 1.04. The van der Waals surface area contributed by atoms with Crippen LogP contribution in [0.15, 0.2) is 30.3 Å². The van der Waals surface area contributed by atoms with Crippen molar-refractivity contribution < 1.29 is 0 Å². The van der Waals surface area contributed by atoms with E-state index < -0.39 is 0 Å². The van der Waals surface area contributed by atoms with Gasteiger partial charge in [-0.05, 0) is 48.9 Å². The van der Waals surface area contributed by atoms with Gasteiger partial charge < -0.3 is 5.32 Å². The highest BCUT2D eigenvalue weighted by Gasteiger charge is 2.18. The first-order valence-corrected chi connectivity index (χ1v) is 7.99. The first-order valence-electron chi connectivity index (χ1n) is 6.42. The number of aryl methyl sites for hydroxylation is 1. The van der Waals surface area contributed by atoms with Gasteiger partial charge in [-0.2, -0.15) is 0 Å². The molecule has 0 aliphatic heterocycles. The molecule has 0 radical (unpaired) electrons. The van der Waals surface area contributed by atoms with Gasteiger partial charge in [-0.1, -0.05) is 37.0 Å². The summed E-state index contributed by atoms with van der Waals surface area (Å²) in [6.07, 6.45) is 1.06. The molecule has 2 rings (SSSR count). The number of hydrogen-bond donors (Lipinski definition) is 1. The van der Waals surface area contributed by atoms with Crippen molar-refractivity contribution in [1.82, 2.24) is 5.32 Å². The zero-order chi connectivity index (χ0) is 13.8. The molecule has 1 atom stereocenters. The van der Waals surface area contributed by atoms with E-state index in [9.17, 15) is 0 Å². The van der Waals surface area contributed by atoms with Crippen LogP contribution in [0.1, 0.15) is 35.2 Å². The van der Waals surface area contributed by atoms with Crippen molar-refractivity contribution in [1.29, 1.82) is 0 Å². The molecule has 4 heteroatoms. The van der Waals surface area contributed by atoms with E-state index in [0.717, 1.165) is 28.6 Å². The summed E-state index contributed by atoms with van der Waals surface area (Å²) in [6, 6.07) is 10.1. The van der Waals surface area contributed by atoms with Gasteiger partial charge in [0.25, 0.3) is 0 Å². The minimum atomic E-state index is 0.112. The molecule has 0 fully saturated rings. The third-order valence-corrected chi connectivity index (χ3v) is 4.87. The molecule has 2 aromatic rings. The van der Waals surface area contributed by atoms with Crippen molar-refractivity contribution in [3.05, 3.63) is 55.7 Å². The molecule has 0 saturated carbocycles. The Morgan fingerprint density at radius 3 is 2.58 bits per heavy atom. The summed E-state index contributed by atoms with van der Waals surface area (Å²) in [5, 5.41) is 4.96. The lowest BCUT2D eigenvalue weighted by Gasteiger charge is -2.18. The lowest BCUT2D eigenvalue weighted by molar-refractivity contribution is 0.640. The maximum atomic E-state index is 6.32. The molecule has 1 unspecified atom stereocenters. The van der Waals surface area contributed by atoms with Crippen molar-refractivity contribution in [2.75, 3.05) is 6.54 Å². The fraction of sp³-hybridized carbons (Fsp3) is 0.333. The summed E-state index contributed by atoms with van der Waals surface area (Å²) < 4.78 is 0. The third kappa shape index (κ3) is 3.51. The maximum absolute atomic E-state index is 6.32. The standard InChI is InChI=1S/C15H17Cl2NS/c1-3-11-6-8-14(19-11)15(18-4-2)12-9-10(16)5-7-13(12)17/h5-9,15,18H,3-4H2,1-2H3. The lowest BCUT2D eigenvalue weighted by atomic mass is 10.1. The highest BCUT2D eigenvalue weighted by molar-refractivity contribution is 7.12. The van der Waals surface area contributed by atoms with Crippen LogP contribution in [-0.2, 0) is 6.42 Å². The van der Waals surface area contributed by atoms with Crippen molar-refractivity contribution in [2.24, 2.45) is 0 Å². The Morgan fingerprint density at radius 2 is 1.95 bits per heavy atom. The average Bonchev–Trinajstić information content (AvgIpc) is 2.88. The second-order valence-electron chi connectivity index (χ2n) is 4.31. The quantitative estimate of drug-likeness (QED) is 0.788. The fourth-order valence-corrected chi connectivity index (χ4v) is 3.50. The van der Waals surface area contributed by atoms with E-state index in [1.54, 1.807) is 0 Å². The normalized spacial score (nSPS) is 12.6. The van der Waals surface area contributed by atoms with Crippen LogP contribution in [0.3, 0.4) is 0 Å². The topological polar surface area (TPSA) is 12.0 Å². The average molecular weight is 314 g/mol. The molecule has 0 aliphatic rings. The Bertz CT molecular complexity index is 551. The van der Waals surface area contributed by atoms with Gasteiger partial charge in [-0.3, -0.25) is 0 Å². The van der Waals surface area contributed by atoms with E-state index in [-0.39, 0.29) is 6.04 Å². The number of nitrogens with one attached hydrogen (secondary N) is 1. The summed E-state index contributed by atoms with van der Waals surface area (Å²) in [4.78, 5) is 2.67. The van der Waals surface area contributed by atoms with Crippen molar-refractivity contribution >= 4 is 34.5 Å². The number of thiophene rings is 1. The molecular formula is C15H17Cl2NS. The molecule has 0 aliphatic carbocycles. The molecule has 0 saturated heterocycles. The number of halogens is 2. The van der Waals surface area contributed by atoms with Gasteiger partial charge in [0.1, 0.15) is 0 Å². The van der Waals surface area contributed by atoms with Gasteiger partial charge in [0.2, 0.25) is 0 Å². The number of hydrogen-bond acceptors (Lipinski definition) is 2. The second kappa shape index (κ2) is 6.76. The first kappa shape index (κ1) is 14.9. The van der Waals surface area contributed by atoms with Crippen LogP contribution >= 0.6 is 34.5 Å². The van der Waals surface area contributed by atoms with Crippen molar-refractivity contribution in [2.45, 2.75) is 26.3 Å². The molecule has 1 N–H and O–H groups in total. The zero-order valence-electron chi connectivity index (χ0n) is 11.0. The van der Waals surface area contributed by atoms with Crippen molar-refractivity contribution in [3.63, 3.8) is 0 Å². The van der Waals surface area contributed by atoms with Crippen molar-refractivity contribution in [3.8, 4) is 0 Å². The lowest BCUT2D eigenvalue weighted by Crippen LogP contribution is -2.21. The zero-order valence-corrected chi connectivity index (χ0v) is 13.4. The minimum Gasteiger partial charge on any atom is -0.306 e. The minimum absolute atomic E-state index is 0.112. The smallest absolute Gasteiger partial charge is 0.0686 e. The molecule has 102 valence electrons. The third-order valence-electron chi connectivity index (χ3n) is 2.99. The Morgan fingerprint density at radius 1 is 1.16 bits per heavy atom. The number of benzene rings is 1. The highest BCUT2D eigenvalue weighted by Crippen LogP contribution is 2.34. The summed E-state index contributed by atoms with van der Waals surface area (Å²) >= 11 is 14.2. The molecule has 1 heterocycles. The van der Waals surface area contributed by atoms with Gasteiger partial charge in [0.05, 0.1) is 6.04 Å². The Kier molecular flexibility index (Phi) is 5.28. The molecule has 19 heavy (non-hydrogen) atoms. The predicted octanol–water partition coefficient (Wildman–Crippen LogP) is 5.32. The molecule has 0 spiro atoms. The predicted molar refractivity (Wildman–Crippen MR) is 85.7 cm³/mol. The van der Waals surface area contributed by atoms with E-state index in [0.29, 0.717) is 0 Å². The van der Waals surface area contributed by atoms with Gasteiger partial charge >= 0.3 is 0 Å². The SMILES string of the molecule is CCNC(c1ccc(CC)s1)c1cc(Cl)ccc1Cl. The molecule has 1 aromatic carbocycles. The summed E-state index contributed by atoms with van der Waals surface area (Å²) in [7, 11) is 0. The summed E-state index contributed by atoms with van der Waals surface area (Å²) in [5.74, 6) is 0. The van der Waals surface area contributed by atoms with Gasteiger partial charge in [0, 0.05) is 19.8 Å². The van der Waals surface area contributed by atoms with E-state index >= 15 is 0 Å². The second-order valence-corrected chi connectivity index (χ2v) is 6.36. The number of rotatable bonds is 5. The Balaban J connectivity index is 2.41. The van der Waals surface area contributed by atoms with Crippen LogP contribution in [0.2, 0.25) is 10.0 Å². The molecule has 1 nitrogen and oxygen atoms in total. The van der Waals surface area contributed by atoms with E-state index in [4.69, 9.17) is 23.2 Å². The monoisotopic (exact) mass is 313 g/mol. The molecular weight excluding hydrogens is 297 g/mol. The van der Waals surface area contributed by atoms with Crippen LogP contribution in [0.5, 0.6) is 0 Å². The van der Waals surface area contributed by atoms with Crippen LogP contribution in [-0.4, -0.2) is 6.54 Å².